The second-order valence-electron chi connectivity index (χ2n) is 5.94. The average molecular weight is 410 g/mol. The molecule has 0 fully saturated rings. The Morgan fingerprint density at radius 1 is 1.11 bits per heavy atom. The number of nitrogens with one attached hydrogen (secondary N) is 1. The van der Waals surface area contributed by atoms with Crippen LogP contribution in [0, 0.1) is 0 Å². The molecule has 0 aliphatic carbocycles. The SMILES string of the molecule is O=C(CN1C(=O)c2ccccc2S1(=O)=O)NCCc1ccc(OC(F)F)cc1. The van der Waals surface area contributed by atoms with Gasteiger partial charge < -0.3 is 10.1 Å². The number of alkyl halides is 2. The third kappa shape index (κ3) is 4.11. The zero-order valence-corrected chi connectivity index (χ0v) is 15.3. The summed E-state index contributed by atoms with van der Waals surface area (Å²) in [4.78, 5) is 24.2. The van der Waals surface area contributed by atoms with Gasteiger partial charge in [0, 0.05) is 6.54 Å². The number of fused-ring (bicyclic) bond motifs is 1. The molecule has 0 atom stereocenters. The summed E-state index contributed by atoms with van der Waals surface area (Å²) in [5, 5.41) is 2.54. The van der Waals surface area contributed by atoms with Gasteiger partial charge in [0.25, 0.3) is 15.9 Å². The quantitative estimate of drug-likeness (QED) is 0.751. The first-order chi connectivity index (χ1) is 13.3. The minimum Gasteiger partial charge on any atom is -0.435 e. The smallest absolute Gasteiger partial charge is 0.387 e. The van der Waals surface area contributed by atoms with Gasteiger partial charge in [-0.2, -0.15) is 8.78 Å². The molecule has 2 aromatic rings. The largest absolute Gasteiger partial charge is 0.435 e. The summed E-state index contributed by atoms with van der Waals surface area (Å²) in [7, 11) is -4.03. The molecule has 1 N–H and O–H groups in total. The molecular formula is C18H16F2N2O5S. The Morgan fingerprint density at radius 3 is 2.43 bits per heavy atom. The van der Waals surface area contributed by atoms with Crippen LogP contribution >= 0.6 is 0 Å². The van der Waals surface area contributed by atoms with Gasteiger partial charge in [-0.05, 0) is 36.2 Å². The molecule has 0 spiro atoms. The zero-order valence-electron chi connectivity index (χ0n) is 14.5. The third-order valence-electron chi connectivity index (χ3n) is 4.08. The molecule has 1 heterocycles. The molecule has 1 aliphatic heterocycles. The van der Waals surface area contributed by atoms with E-state index in [1.54, 1.807) is 18.2 Å². The predicted molar refractivity (Wildman–Crippen MR) is 94.5 cm³/mol. The van der Waals surface area contributed by atoms with E-state index in [4.69, 9.17) is 0 Å². The molecule has 2 amide bonds. The summed E-state index contributed by atoms with van der Waals surface area (Å²) in [5.41, 5.74) is 0.806. The molecule has 0 saturated carbocycles. The van der Waals surface area contributed by atoms with Crippen molar-refractivity contribution in [2.75, 3.05) is 13.1 Å². The number of amides is 2. The summed E-state index contributed by atoms with van der Waals surface area (Å²) < 4.78 is 53.8. The number of ether oxygens (including phenoxy) is 1. The number of hydrogen-bond donors (Lipinski definition) is 1. The van der Waals surface area contributed by atoms with Crippen LogP contribution in [0.2, 0.25) is 0 Å². The van der Waals surface area contributed by atoms with E-state index in [-0.39, 0.29) is 22.8 Å². The van der Waals surface area contributed by atoms with Crippen LogP contribution in [-0.2, 0) is 21.2 Å². The highest BCUT2D eigenvalue weighted by molar-refractivity contribution is 7.90. The Balaban J connectivity index is 1.53. The number of halogens is 2. The molecule has 0 unspecified atom stereocenters. The van der Waals surface area contributed by atoms with E-state index in [2.05, 4.69) is 10.1 Å². The van der Waals surface area contributed by atoms with Gasteiger partial charge in [-0.1, -0.05) is 24.3 Å². The minimum absolute atomic E-state index is 0.0279. The topological polar surface area (TPSA) is 92.8 Å². The van der Waals surface area contributed by atoms with Crippen molar-refractivity contribution in [3.63, 3.8) is 0 Å². The van der Waals surface area contributed by atoms with E-state index in [0.29, 0.717) is 10.7 Å². The van der Waals surface area contributed by atoms with Crippen LogP contribution in [0.5, 0.6) is 5.75 Å². The van der Waals surface area contributed by atoms with Crippen molar-refractivity contribution in [2.45, 2.75) is 17.9 Å². The number of carbonyl (C=O) groups excluding carboxylic acids is 2. The van der Waals surface area contributed by atoms with E-state index >= 15 is 0 Å². The van der Waals surface area contributed by atoms with Crippen molar-refractivity contribution in [3.05, 3.63) is 59.7 Å². The normalized spacial score (nSPS) is 14.8. The van der Waals surface area contributed by atoms with Crippen LogP contribution in [0.15, 0.2) is 53.4 Å². The van der Waals surface area contributed by atoms with Crippen LogP contribution in [-0.4, -0.2) is 44.2 Å². The lowest BCUT2D eigenvalue weighted by Gasteiger charge is -2.14. The van der Waals surface area contributed by atoms with Gasteiger partial charge in [0.2, 0.25) is 5.91 Å². The Labute approximate surface area is 160 Å². The van der Waals surface area contributed by atoms with E-state index in [1.165, 1.54) is 30.3 Å². The van der Waals surface area contributed by atoms with Gasteiger partial charge in [-0.3, -0.25) is 9.59 Å². The fourth-order valence-electron chi connectivity index (χ4n) is 2.76. The Morgan fingerprint density at radius 2 is 1.79 bits per heavy atom. The van der Waals surface area contributed by atoms with Crippen LogP contribution in [0.1, 0.15) is 15.9 Å². The lowest BCUT2D eigenvalue weighted by molar-refractivity contribution is -0.121. The molecule has 28 heavy (non-hydrogen) atoms. The highest BCUT2D eigenvalue weighted by Crippen LogP contribution is 2.29. The van der Waals surface area contributed by atoms with Crippen molar-refractivity contribution in [2.24, 2.45) is 0 Å². The fraction of sp³-hybridized carbons (Fsp3) is 0.222. The second kappa shape index (κ2) is 7.93. The Hall–Kier alpha value is -3.01. The van der Waals surface area contributed by atoms with Crippen molar-refractivity contribution in [1.29, 1.82) is 0 Å². The van der Waals surface area contributed by atoms with Crippen LogP contribution in [0.3, 0.4) is 0 Å². The molecule has 3 rings (SSSR count). The summed E-state index contributed by atoms with van der Waals surface area (Å²) in [5.74, 6) is -1.33. The summed E-state index contributed by atoms with van der Waals surface area (Å²) in [6.07, 6.45) is 0.390. The number of sulfonamides is 1. The lowest BCUT2D eigenvalue weighted by atomic mass is 10.1. The number of rotatable bonds is 7. The first-order valence-corrected chi connectivity index (χ1v) is 9.69. The zero-order chi connectivity index (χ0) is 20.3. The Bertz CT molecular complexity index is 993. The van der Waals surface area contributed by atoms with Crippen molar-refractivity contribution >= 4 is 21.8 Å². The molecule has 1 aliphatic rings. The number of hydrogen-bond acceptors (Lipinski definition) is 5. The first-order valence-electron chi connectivity index (χ1n) is 8.25. The van der Waals surface area contributed by atoms with Crippen molar-refractivity contribution in [3.8, 4) is 5.75 Å². The van der Waals surface area contributed by atoms with Crippen LogP contribution < -0.4 is 10.1 Å². The summed E-state index contributed by atoms with van der Waals surface area (Å²) in [6, 6.07) is 11.7. The second-order valence-corrected chi connectivity index (χ2v) is 7.77. The maximum atomic E-state index is 12.4. The molecule has 2 aromatic carbocycles. The molecule has 10 heteroatoms. The summed E-state index contributed by atoms with van der Waals surface area (Å²) in [6.45, 7) is -3.33. The third-order valence-corrected chi connectivity index (χ3v) is 5.87. The van der Waals surface area contributed by atoms with Crippen LogP contribution in [0.4, 0.5) is 8.78 Å². The first kappa shape index (κ1) is 19.7. The summed E-state index contributed by atoms with van der Waals surface area (Å²) >= 11 is 0. The highest BCUT2D eigenvalue weighted by Gasteiger charge is 2.41. The number of nitrogens with zero attached hydrogens (tertiary/aromatic N) is 1. The van der Waals surface area contributed by atoms with Crippen molar-refractivity contribution < 1.29 is 31.5 Å². The molecule has 0 radical (unpaired) electrons. The van der Waals surface area contributed by atoms with E-state index in [0.717, 1.165) is 5.56 Å². The van der Waals surface area contributed by atoms with Gasteiger partial charge in [0.1, 0.15) is 17.2 Å². The molecule has 7 nitrogen and oxygen atoms in total. The molecule has 148 valence electrons. The maximum Gasteiger partial charge on any atom is 0.387 e. The van der Waals surface area contributed by atoms with E-state index in [1.807, 2.05) is 0 Å². The average Bonchev–Trinajstić information content (AvgIpc) is 2.84. The number of benzene rings is 2. The minimum atomic E-state index is -4.03. The maximum absolute atomic E-state index is 12.4. The fourth-order valence-corrected chi connectivity index (χ4v) is 4.28. The monoisotopic (exact) mass is 410 g/mol. The Kier molecular flexibility index (Phi) is 5.59. The van der Waals surface area contributed by atoms with Gasteiger partial charge in [0.15, 0.2) is 0 Å². The van der Waals surface area contributed by atoms with Gasteiger partial charge >= 0.3 is 6.61 Å². The standard InChI is InChI=1S/C18H16F2N2O5S/c19-18(20)27-13-7-5-12(6-8-13)9-10-21-16(23)11-22-17(24)14-3-1-2-4-15(14)28(22,25)26/h1-8,18H,9-11H2,(H,21,23). The van der Waals surface area contributed by atoms with E-state index in [9.17, 15) is 26.8 Å². The lowest BCUT2D eigenvalue weighted by Crippen LogP contribution is -2.40. The van der Waals surface area contributed by atoms with Crippen LogP contribution in [0.25, 0.3) is 0 Å². The molecule has 0 aromatic heterocycles. The predicted octanol–water partition coefficient (Wildman–Crippen LogP) is 1.79. The van der Waals surface area contributed by atoms with Gasteiger partial charge in [-0.25, -0.2) is 12.7 Å². The molecular weight excluding hydrogens is 394 g/mol. The molecule has 0 bridgehead atoms. The highest BCUT2D eigenvalue weighted by atomic mass is 32.2. The molecule has 0 saturated heterocycles. The van der Waals surface area contributed by atoms with E-state index < -0.39 is 35.0 Å². The van der Waals surface area contributed by atoms with Crippen molar-refractivity contribution in [1.82, 2.24) is 9.62 Å². The van der Waals surface area contributed by atoms with Gasteiger partial charge in [0.05, 0.1) is 5.56 Å². The number of carbonyl (C=O) groups is 2. The van der Waals surface area contributed by atoms with Gasteiger partial charge in [-0.15, -0.1) is 0 Å².